The van der Waals surface area contributed by atoms with Crippen LogP contribution in [0.2, 0.25) is 0 Å². The first-order chi connectivity index (χ1) is 6.16. The lowest BCUT2D eigenvalue weighted by Crippen LogP contribution is -2.22. The molecule has 0 unspecified atom stereocenters. The number of unbranched alkanes of at least 4 members (excludes halogenated alkanes) is 3. The summed E-state index contributed by atoms with van der Waals surface area (Å²) in [5, 5.41) is 8.45. The maximum absolute atomic E-state index is 10.3. The van der Waals surface area contributed by atoms with E-state index in [4.69, 9.17) is 5.11 Å². The molecule has 0 aromatic rings. The third kappa shape index (κ3) is 9.34. The van der Waals surface area contributed by atoms with E-state index in [-0.39, 0.29) is 6.42 Å². The van der Waals surface area contributed by atoms with E-state index in [9.17, 15) is 4.79 Å². The summed E-state index contributed by atoms with van der Waals surface area (Å²) in [5.41, 5.74) is 0. The van der Waals surface area contributed by atoms with Crippen molar-refractivity contribution in [3.63, 3.8) is 0 Å². The minimum atomic E-state index is -0.708. The zero-order valence-corrected chi connectivity index (χ0v) is 8.75. The zero-order valence-electron chi connectivity index (χ0n) is 8.75. The van der Waals surface area contributed by atoms with Gasteiger partial charge in [-0.25, -0.2) is 0 Å². The molecule has 0 saturated heterocycles. The van der Waals surface area contributed by atoms with E-state index >= 15 is 0 Å². The maximum Gasteiger partial charge on any atom is 0.304 e. The molecule has 13 heavy (non-hydrogen) atoms. The second-order valence-electron chi connectivity index (χ2n) is 3.51. The molecule has 0 aromatic heterocycles. The van der Waals surface area contributed by atoms with Gasteiger partial charge in [-0.3, -0.25) is 4.79 Å². The van der Waals surface area contributed by atoms with Crippen molar-refractivity contribution in [2.75, 3.05) is 20.1 Å². The Bertz CT molecular complexity index is 137. The van der Waals surface area contributed by atoms with Gasteiger partial charge in [0.1, 0.15) is 0 Å². The van der Waals surface area contributed by atoms with Gasteiger partial charge >= 0.3 is 5.97 Å². The molecule has 0 aliphatic heterocycles. The molecule has 0 spiro atoms. The predicted molar refractivity (Wildman–Crippen MR) is 53.9 cm³/mol. The van der Waals surface area contributed by atoms with Gasteiger partial charge in [-0.2, -0.15) is 0 Å². The van der Waals surface area contributed by atoms with Gasteiger partial charge in [0, 0.05) is 6.54 Å². The van der Waals surface area contributed by atoms with E-state index in [1.54, 1.807) is 0 Å². The highest BCUT2D eigenvalue weighted by molar-refractivity contribution is 5.66. The normalized spacial score (nSPS) is 10.7. The highest BCUT2D eigenvalue weighted by Gasteiger charge is 2.01. The lowest BCUT2D eigenvalue weighted by atomic mass is 10.2. The average Bonchev–Trinajstić information content (AvgIpc) is 2.09. The number of rotatable bonds is 8. The van der Waals surface area contributed by atoms with E-state index in [1.165, 1.54) is 25.7 Å². The summed E-state index contributed by atoms with van der Waals surface area (Å²) < 4.78 is 0. The summed E-state index contributed by atoms with van der Waals surface area (Å²) in [5.74, 6) is -0.708. The SMILES string of the molecule is CCCCCCN(C)CCC(=O)O. The van der Waals surface area contributed by atoms with Crippen LogP contribution in [0.25, 0.3) is 0 Å². The fourth-order valence-corrected chi connectivity index (χ4v) is 1.21. The molecule has 3 heteroatoms. The molecule has 0 radical (unpaired) electrons. The van der Waals surface area contributed by atoms with Gasteiger partial charge in [0.2, 0.25) is 0 Å². The second-order valence-corrected chi connectivity index (χ2v) is 3.51. The molecule has 0 bridgehead atoms. The Labute approximate surface area is 80.7 Å². The van der Waals surface area contributed by atoms with E-state index in [0.29, 0.717) is 6.54 Å². The second kappa shape index (κ2) is 8.05. The number of carboxylic acid groups (broad SMARTS) is 1. The van der Waals surface area contributed by atoms with E-state index in [2.05, 4.69) is 11.8 Å². The molecule has 0 saturated carbocycles. The summed E-state index contributed by atoms with van der Waals surface area (Å²) in [6.45, 7) is 3.88. The summed E-state index contributed by atoms with van der Waals surface area (Å²) in [6, 6.07) is 0. The fraction of sp³-hybridized carbons (Fsp3) is 0.900. The quantitative estimate of drug-likeness (QED) is 0.591. The lowest BCUT2D eigenvalue weighted by Gasteiger charge is -2.14. The van der Waals surface area contributed by atoms with Crippen LogP contribution in [0, 0.1) is 0 Å². The molecule has 0 rings (SSSR count). The van der Waals surface area contributed by atoms with Crippen LogP contribution in [-0.4, -0.2) is 36.1 Å². The molecule has 3 nitrogen and oxygen atoms in total. The van der Waals surface area contributed by atoms with Crippen molar-refractivity contribution in [3.05, 3.63) is 0 Å². The maximum atomic E-state index is 10.3. The molecule has 0 amide bonds. The van der Waals surface area contributed by atoms with Crippen LogP contribution >= 0.6 is 0 Å². The third-order valence-electron chi connectivity index (χ3n) is 2.10. The first-order valence-corrected chi connectivity index (χ1v) is 5.07. The van der Waals surface area contributed by atoms with Gasteiger partial charge in [0.05, 0.1) is 6.42 Å². The van der Waals surface area contributed by atoms with Crippen LogP contribution in [0.15, 0.2) is 0 Å². The molecule has 0 aromatic carbocycles. The Balaban J connectivity index is 3.19. The minimum Gasteiger partial charge on any atom is -0.481 e. The average molecular weight is 187 g/mol. The van der Waals surface area contributed by atoms with Crippen LogP contribution < -0.4 is 0 Å². The molecule has 0 heterocycles. The van der Waals surface area contributed by atoms with Crippen LogP contribution in [0.5, 0.6) is 0 Å². The van der Waals surface area contributed by atoms with Crippen molar-refractivity contribution >= 4 is 5.97 Å². The van der Waals surface area contributed by atoms with Gasteiger partial charge < -0.3 is 10.0 Å². The molecular formula is C10H21NO2. The van der Waals surface area contributed by atoms with E-state index in [0.717, 1.165) is 6.54 Å². The first-order valence-electron chi connectivity index (χ1n) is 5.07. The lowest BCUT2D eigenvalue weighted by molar-refractivity contribution is -0.137. The van der Waals surface area contributed by atoms with Crippen molar-refractivity contribution in [2.45, 2.75) is 39.0 Å². The highest BCUT2D eigenvalue weighted by atomic mass is 16.4. The van der Waals surface area contributed by atoms with Gasteiger partial charge in [0.25, 0.3) is 0 Å². The topological polar surface area (TPSA) is 40.5 Å². The van der Waals surface area contributed by atoms with Gasteiger partial charge in [0.15, 0.2) is 0 Å². The smallest absolute Gasteiger partial charge is 0.304 e. The Hall–Kier alpha value is -0.570. The first kappa shape index (κ1) is 12.4. The third-order valence-corrected chi connectivity index (χ3v) is 2.10. The van der Waals surface area contributed by atoms with Gasteiger partial charge in [-0.15, -0.1) is 0 Å². The molecule has 0 atom stereocenters. The summed E-state index contributed by atoms with van der Waals surface area (Å²) in [6.07, 6.45) is 5.23. The predicted octanol–water partition coefficient (Wildman–Crippen LogP) is 1.97. The standard InChI is InChI=1S/C10H21NO2/c1-3-4-5-6-8-11(2)9-7-10(12)13/h3-9H2,1-2H3,(H,12,13). The number of carboxylic acids is 1. The number of carbonyl (C=O) groups is 1. The van der Waals surface area contributed by atoms with Crippen LogP contribution in [0.4, 0.5) is 0 Å². The molecular weight excluding hydrogens is 166 g/mol. The fourth-order valence-electron chi connectivity index (χ4n) is 1.21. The Kier molecular flexibility index (Phi) is 7.69. The van der Waals surface area contributed by atoms with Crippen molar-refractivity contribution < 1.29 is 9.90 Å². The van der Waals surface area contributed by atoms with Crippen molar-refractivity contribution in [1.29, 1.82) is 0 Å². The van der Waals surface area contributed by atoms with Crippen molar-refractivity contribution in [3.8, 4) is 0 Å². The molecule has 1 N–H and O–H groups in total. The van der Waals surface area contributed by atoms with Gasteiger partial charge in [-0.05, 0) is 20.0 Å². The Morgan fingerprint density at radius 3 is 2.46 bits per heavy atom. The summed E-state index contributed by atoms with van der Waals surface area (Å²) >= 11 is 0. The molecule has 0 fully saturated rings. The monoisotopic (exact) mass is 187 g/mol. The van der Waals surface area contributed by atoms with Crippen molar-refractivity contribution in [1.82, 2.24) is 4.90 Å². The Morgan fingerprint density at radius 2 is 1.92 bits per heavy atom. The van der Waals surface area contributed by atoms with Crippen LogP contribution in [0.3, 0.4) is 0 Å². The molecule has 78 valence electrons. The van der Waals surface area contributed by atoms with Crippen molar-refractivity contribution in [2.24, 2.45) is 0 Å². The van der Waals surface area contributed by atoms with Crippen LogP contribution in [0.1, 0.15) is 39.0 Å². The van der Waals surface area contributed by atoms with E-state index < -0.39 is 5.97 Å². The summed E-state index contributed by atoms with van der Waals surface area (Å²) in [7, 11) is 1.98. The minimum absolute atomic E-state index is 0.254. The zero-order chi connectivity index (χ0) is 10.1. The van der Waals surface area contributed by atoms with Gasteiger partial charge in [-0.1, -0.05) is 26.2 Å². The number of aliphatic carboxylic acids is 1. The number of nitrogens with zero attached hydrogens (tertiary/aromatic N) is 1. The van der Waals surface area contributed by atoms with E-state index in [1.807, 2.05) is 7.05 Å². The number of hydrogen-bond donors (Lipinski definition) is 1. The highest BCUT2D eigenvalue weighted by Crippen LogP contribution is 2.00. The Morgan fingerprint density at radius 1 is 1.23 bits per heavy atom. The molecule has 0 aliphatic rings. The molecule has 0 aliphatic carbocycles. The van der Waals surface area contributed by atoms with Crippen LogP contribution in [-0.2, 0) is 4.79 Å². The largest absolute Gasteiger partial charge is 0.481 e. The number of hydrogen-bond acceptors (Lipinski definition) is 2. The summed E-state index contributed by atoms with van der Waals surface area (Å²) in [4.78, 5) is 12.3.